The molecule has 1 unspecified atom stereocenters. The molecular weight excluding hydrogens is 278 g/mol. The van der Waals surface area contributed by atoms with E-state index in [-0.39, 0.29) is 11.9 Å². The van der Waals surface area contributed by atoms with Crippen LogP contribution in [-0.4, -0.2) is 41.2 Å². The molecule has 2 aromatic rings. The maximum absolute atomic E-state index is 11.5. The number of hydrogen-bond acceptors (Lipinski definition) is 7. The molecule has 7 heteroatoms. The summed E-state index contributed by atoms with van der Waals surface area (Å²) in [6, 6.07) is 1.96. The second kappa shape index (κ2) is 5.72. The van der Waals surface area contributed by atoms with Crippen LogP contribution in [0.5, 0.6) is 0 Å². The highest BCUT2D eigenvalue weighted by atomic mass is 32.1. The van der Waals surface area contributed by atoms with Crippen LogP contribution in [0.25, 0.3) is 11.4 Å². The number of methoxy groups -OCH3 is 1. The van der Waals surface area contributed by atoms with Crippen LogP contribution in [0.2, 0.25) is 0 Å². The van der Waals surface area contributed by atoms with Crippen LogP contribution in [0.1, 0.15) is 12.3 Å². The van der Waals surface area contributed by atoms with Gasteiger partial charge in [0.25, 0.3) is 0 Å². The van der Waals surface area contributed by atoms with Crippen molar-refractivity contribution >= 4 is 17.3 Å². The highest BCUT2D eigenvalue weighted by molar-refractivity contribution is 7.08. The molecule has 0 aromatic carbocycles. The minimum Gasteiger partial charge on any atom is -0.469 e. The summed E-state index contributed by atoms with van der Waals surface area (Å²) >= 11 is 1.60. The van der Waals surface area contributed by atoms with Gasteiger partial charge in [0.1, 0.15) is 0 Å². The summed E-state index contributed by atoms with van der Waals surface area (Å²) in [4.78, 5) is 18.0. The zero-order chi connectivity index (χ0) is 13.9. The van der Waals surface area contributed by atoms with Crippen molar-refractivity contribution in [3.8, 4) is 11.4 Å². The number of carbonyl (C=O) groups is 1. The molecule has 1 aliphatic rings. The Morgan fingerprint density at radius 1 is 1.65 bits per heavy atom. The fourth-order valence-corrected chi connectivity index (χ4v) is 2.99. The Morgan fingerprint density at radius 3 is 3.30 bits per heavy atom. The average molecular weight is 293 g/mol. The first-order chi connectivity index (χ1) is 9.76. The summed E-state index contributed by atoms with van der Waals surface area (Å²) in [5.74, 6) is 1.01. The largest absolute Gasteiger partial charge is 0.469 e. The molecule has 106 valence electrons. The smallest absolute Gasteiger partial charge is 0.310 e. The number of ether oxygens (including phenoxy) is 1. The molecule has 0 saturated carbocycles. The molecule has 3 heterocycles. The molecule has 0 bridgehead atoms. The standard InChI is InChI=1S/C13H15N3O3S/c1-18-13(17)9-2-4-16(6-9)7-11-14-12(15-19-11)10-3-5-20-8-10/h3,5,8-9H,2,4,6-7H2,1H3. The Morgan fingerprint density at radius 2 is 2.55 bits per heavy atom. The predicted octanol–water partition coefficient (Wildman–Crippen LogP) is 1.79. The van der Waals surface area contributed by atoms with Gasteiger partial charge in [-0.15, -0.1) is 0 Å². The van der Waals surface area contributed by atoms with Gasteiger partial charge in [-0.25, -0.2) is 0 Å². The Hall–Kier alpha value is -1.73. The van der Waals surface area contributed by atoms with Crippen LogP contribution >= 0.6 is 11.3 Å². The van der Waals surface area contributed by atoms with Crippen molar-refractivity contribution in [2.45, 2.75) is 13.0 Å². The van der Waals surface area contributed by atoms with Gasteiger partial charge in [-0.3, -0.25) is 9.69 Å². The van der Waals surface area contributed by atoms with E-state index in [0.29, 0.717) is 24.8 Å². The maximum atomic E-state index is 11.5. The predicted molar refractivity (Wildman–Crippen MR) is 73.0 cm³/mol. The molecule has 0 spiro atoms. The summed E-state index contributed by atoms with van der Waals surface area (Å²) in [5.41, 5.74) is 0.971. The fraction of sp³-hybridized carbons (Fsp3) is 0.462. The van der Waals surface area contributed by atoms with Crippen molar-refractivity contribution < 1.29 is 14.1 Å². The van der Waals surface area contributed by atoms with Crippen molar-refractivity contribution in [2.75, 3.05) is 20.2 Å². The molecule has 1 atom stereocenters. The Kier molecular flexibility index (Phi) is 3.79. The Bertz CT molecular complexity index is 581. The van der Waals surface area contributed by atoms with Gasteiger partial charge in [-0.05, 0) is 24.4 Å². The molecule has 2 aromatic heterocycles. The monoisotopic (exact) mass is 293 g/mol. The van der Waals surface area contributed by atoms with E-state index in [0.717, 1.165) is 18.5 Å². The highest BCUT2D eigenvalue weighted by Crippen LogP contribution is 2.22. The minimum atomic E-state index is -0.142. The van der Waals surface area contributed by atoms with Gasteiger partial charge in [0.05, 0.1) is 19.6 Å². The number of hydrogen-bond donors (Lipinski definition) is 0. The van der Waals surface area contributed by atoms with Gasteiger partial charge < -0.3 is 9.26 Å². The van der Waals surface area contributed by atoms with Crippen LogP contribution in [0.3, 0.4) is 0 Å². The van der Waals surface area contributed by atoms with Crippen molar-refractivity contribution in [3.05, 3.63) is 22.7 Å². The average Bonchev–Trinajstić information content (AvgIpc) is 3.19. The third-order valence-corrected chi connectivity index (χ3v) is 4.10. The van der Waals surface area contributed by atoms with E-state index in [2.05, 4.69) is 15.0 Å². The highest BCUT2D eigenvalue weighted by Gasteiger charge is 2.29. The molecule has 1 aliphatic heterocycles. The van der Waals surface area contributed by atoms with E-state index in [4.69, 9.17) is 9.26 Å². The van der Waals surface area contributed by atoms with E-state index in [1.165, 1.54) is 7.11 Å². The molecule has 0 amide bonds. The number of rotatable bonds is 4. The molecule has 0 radical (unpaired) electrons. The molecule has 0 N–H and O–H groups in total. The van der Waals surface area contributed by atoms with E-state index >= 15 is 0 Å². The number of likely N-dealkylation sites (tertiary alicyclic amines) is 1. The van der Waals surface area contributed by atoms with Crippen molar-refractivity contribution in [1.29, 1.82) is 0 Å². The quantitative estimate of drug-likeness (QED) is 0.801. The SMILES string of the molecule is COC(=O)C1CCN(Cc2nc(-c3ccsc3)no2)C1. The van der Waals surface area contributed by atoms with Crippen LogP contribution in [0.4, 0.5) is 0 Å². The zero-order valence-electron chi connectivity index (χ0n) is 11.1. The number of esters is 1. The molecule has 6 nitrogen and oxygen atoms in total. The van der Waals surface area contributed by atoms with Crippen molar-refractivity contribution in [2.24, 2.45) is 5.92 Å². The molecule has 3 rings (SSSR count). The van der Waals surface area contributed by atoms with E-state index < -0.39 is 0 Å². The lowest BCUT2D eigenvalue weighted by Crippen LogP contribution is -2.23. The van der Waals surface area contributed by atoms with E-state index in [9.17, 15) is 4.79 Å². The number of aromatic nitrogens is 2. The molecule has 1 fully saturated rings. The topological polar surface area (TPSA) is 68.5 Å². The van der Waals surface area contributed by atoms with Gasteiger partial charge in [0, 0.05) is 17.5 Å². The lowest BCUT2D eigenvalue weighted by Gasteiger charge is -2.12. The van der Waals surface area contributed by atoms with E-state index in [1.807, 2.05) is 16.8 Å². The van der Waals surface area contributed by atoms with Crippen LogP contribution in [-0.2, 0) is 16.1 Å². The third-order valence-electron chi connectivity index (χ3n) is 3.41. The van der Waals surface area contributed by atoms with Gasteiger partial charge in [0.2, 0.25) is 11.7 Å². The van der Waals surface area contributed by atoms with Crippen LogP contribution < -0.4 is 0 Å². The zero-order valence-corrected chi connectivity index (χ0v) is 11.9. The normalized spacial score (nSPS) is 19.4. The fourth-order valence-electron chi connectivity index (χ4n) is 2.35. The van der Waals surface area contributed by atoms with Gasteiger partial charge >= 0.3 is 5.97 Å². The lowest BCUT2D eigenvalue weighted by molar-refractivity contribution is -0.144. The number of carbonyl (C=O) groups excluding carboxylic acids is 1. The molecule has 1 saturated heterocycles. The third kappa shape index (κ3) is 2.73. The van der Waals surface area contributed by atoms with Gasteiger partial charge in [-0.2, -0.15) is 16.3 Å². The summed E-state index contributed by atoms with van der Waals surface area (Å²) in [5, 5.41) is 7.94. The van der Waals surface area contributed by atoms with E-state index in [1.54, 1.807) is 11.3 Å². The van der Waals surface area contributed by atoms with Crippen molar-refractivity contribution in [1.82, 2.24) is 15.0 Å². The molecular formula is C13H15N3O3S. The Balaban J connectivity index is 1.61. The first kappa shape index (κ1) is 13.3. The molecule has 20 heavy (non-hydrogen) atoms. The van der Waals surface area contributed by atoms with Gasteiger partial charge in [-0.1, -0.05) is 5.16 Å². The van der Waals surface area contributed by atoms with Gasteiger partial charge in [0.15, 0.2) is 0 Å². The minimum absolute atomic E-state index is 0.0423. The molecule has 0 aliphatic carbocycles. The summed E-state index contributed by atoms with van der Waals surface area (Å²) in [7, 11) is 1.43. The summed E-state index contributed by atoms with van der Waals surface area (Å²) < 4.78 is 10.0. The second-order valence-corrected chi connectivity index (χ2v) is 5.55. The number of thiophene rings is 1. The van der Waals surface area contributed by atoms with Crippen LogP contribution in [0, 0.1) is 5.92 Å². The maximum Gasteiger partial charge on any atom is 0.310 e. The van der Waals surface area contributed by atoms with Crippen molar-refractivity contribution in [3.63, 3.8) is 0 Å². The first-order valence-corrected chi connectivity index (χ1v) is 7.36. The first-order valence-electron chi connectivity index (χ1n) is 6.41. The lowest BCUT2D eigenvalue weighted by atomic mass is 10.1. The Labute approximate surface area is 120 Å². The number of nitrogens with zero attached hydrogens (tertiary/aromatic N) is 3. The second-order valence-electron chi connectivity index (χ2n) is 4.77. The van der Waals surface area contributed by atoms with Crippen LogP contribution in [0.15, 0.2) is 21.3 Å². The summed E-state index contributed by atoms with van der Waals surface area (Å²) in [6.45, 7) is 2.10. The summed E-state index contributed by atoms with van der Waals surface area (Å²) in [6.07, 6.45) is 0.818.